The van der Waals surface area contributed by atoms with Crippen molar-refractivity contribution in [3.63, 3.8) is 0 Å². The first-order chi connectivity index (χ1) is 13.9. The first-order valence-corrected chi connectivity index (χ1v) is 9.85. The normalized spacial score (nSPS) is 26.0. The van der Waals surface area contributed by atoms with Crippen LogP contribution in [0.5, 0.6) is 5.75 Å². The van der Waals surface area contributed by atoms with Crippen LogP contribution in [0.4, 0.5) is 19.0 Å². The number of nitrogens with zero attached hydrogens (tertiary/aromatic N) is 2. The molecule has 2 N–H and O–H groups in total. The Hall–Kier alpha value is -2.71. The zero-order valence-electron chi connectivity index (χ0n) is 15.6. The molecular weight excluding hydrogens is 385 g/mol. The van der Waals surface area contributed by atoms with Gasteiger partial charge in [0.25, 0.3) is 5.91 Å². The molecule has 1 aromatic carbocycles. The van der Waals surface area contributed by atoms with Gasteiger partial charge in [0.05, 0.1) is 12.6 Å². The molecule has 154 valence electrons. The summed E-state index contributed by atoms with van der Waals surface area (Å²) in [5.41, 5.74) is 0.846. The first kappa shape index (κ1) is 18.3. The molecule has 0 unspecified atom stereocenters. The Morgan fingerprint density at radius 2 is 2.03 bits per heavy atom. The maximum atomic E-state index is 13.6. The molecule has 2 aromatic rings. The number of fused-ring (bicyclic) bond motifs is 2. The molecule has 1 aromatic heterocycles. The Balaban J connectivity index is 1.40. The molecule has 1 aliphatic carbocycles. The molecule has 6 nitrogen and oxygen atoms in total. The lowest BCUT2D eigenvalue weighted by Gasteiger charge is -2.33. The van der Waals surface area contributed by atoms with Crippen molar-refractivity contribution in [2.45, 2.75) is 50.0 Å². The summed E-state index contributed by atoms with van der Waals surface area (Å²) in [6.45, 7) is 0.461. The average molecular weight is 406 g/mol. The number of hydrogen-bond acceptors (Lipinski definition) is 4. The Kier molecular flexibility index (Phi) is 4.22. The summed E-state index contributed by atoms with van der Waals surface area (Å²) >= 11 is 0. The van der Waals surface area contributed by atoms with Crippen LogP contribution in [0, 0.1) is 5.92 Å². The fourth-order valence-electron chi connectivity index (χ4n) is 4.25. The molecular formula is C20H21F3N4O2. The van der Waals surface area contributed by atoms with Gasteiger partial charge in [-0.3, -0.25) is 4.79 Å². The summed E-state index contributed by atoms with van der Waals surface area (Å²) in [6, 6.07) is 6.63. The van der Waals surface area contributed by atoms with Crippen LogP contribution in [0.2, 0.25) is 0 Å². The van der Waals surface area contributed by atoms with Gasteiger partial charge in [-0.2, -0.15) is 18.3 Å². The number of halogens is 3. The summed E-state index contributed by atoms with van der Waals surface area (Å²) in [4.78, 5) is 12.8. The predicted molar refractivity (Wildman–Crippen MR) is 98.8 cm³/mol. The molecule has 1 amide bonds. The fourth-order valence-corrected chi connectivity index (χ4v) is 4.25. The summed E-state index contributed by atoms with van der Waals surface area (Å²) in [6.07, 6.45) is -2.01. The van der Waals surface area contributed by atoms with E-state index in [-0.39, 0.29) is 35.9 Å². The van der Waals surface area contributed by atoms with Gasteiger partial charge in [0.2, 0.25) is 0 Å². The van der Waals surface area contributed by atoms with Crippen molar-refractivity contribution < 1.29 is 22.7 Å². The quantitative estimate of drug-likeness (QED) is 0.813. The van der Waals surface area contributed by atoms with Crippen LogP contribution >= 0.6 is 0 Å². The van der Waals surface area contributed by atoms with Gasteiger partial charge in [-0.1, -0.05) is 18.2 Å². The van der Waals surface area contributed by atoms with Gasteiger partial charge in [0, 0.05) is 24.1 Å². The molecule has 1 fully saturated rings. The van der Waals surface area contributed by atoms with Crippen LogP contribution < -0.4 is 15.4 Å². The van der Waals surface area contributed by atoms with Gasteiger partial charge >= 0.3 is 6.18 Å². The van der Waals surface area contributed by atoms with E-state index in [0.717, 1.165) is 23.1 Å². The number of alkyl halides is 3. The summed E-state index contributed by atoms with van der Waals surface area (Å²) in [5.74, 6) is 0.742. The van der Waals surface area contributed by atoms with Crippen LogP contribution in [0.1, 0.15) is 53.8 Å². The molecule has 5 rings (SSSR count). The maximum Gasteiger partial charge on any atom is 0.410 e. The first-order valence-electron chi connectivity index (χ1n) is 9.85. The Bertz CT molecular complexity index is 938. The zero-order chi connectivity index (χ0) is 20.2. The van der Waals surface area contributed by atoms with Gasteiger partial charge in [-0.15, -0.1) is 0 Å². The van der Waals surface area contributed by atoms with E-state index in [1.165, 1.54) is 6.07 Å². The van der Waals surface area contributed by atoms with Crippen molar-refractivity contribution in [1.29, 1.82) is 0 Å². The van der Waals surface area contributed by atoms with E-state index in [9.17, 15) is 18.0 Å². The Morgan fingerprint density at radius 3 is 2.79 bits per heavy atom. The standard InChI is InChI=1S/C20H21F3N4O2/c21-20(22,23)17-9-14(11-5-6-11)24-18-10-15(26-27(17)18)19(28)25-13-7-8-29-16-4-2-1-3-12(13)16/h1-4,10-11,13-14,17,24H,5-9H2,(H,25,28)/t13-,14+,17-/m1/s1. The van der Waals surface area contributed by atoms with E-state index in [0.29, 0.717) is 18.8 Å². The van der Waals surface area contributed by atoms with Gasteiger partial charge in [0.15, 0.2) is 11.7 Å². The SMILES string of the molecule is O=C(N[C@@H]1CCOc2ccccc21)c1cc2n(n1)[C@@H](C(F)(F)F)C[C@@H](C1CC1)N2. The maximum absolute atomic E-state index is 13.6. The number of amides is 1. The number of hydrogen-bond donors (Lipinski definition) is 2. The monoisotopic (exact) mass is 406 g/mol. The van der Waals surface area contributed by atoms with Crippen LogP contribution in [-0.2, 0) is 0 Å². The molecule has 2 aliphatic heterocycles. The predicted octanol–water partition coefficient (Wildman–Crippen LogP) is 3.83. The minimum absolute atomic E-state index is 0.0119. The summed E-state index contributed by atoms with van der Waals surface area (Å²) in [7, 11) is 0. The lowest BCUT2D eigenvalue weighted by atomic mass is 10.00. The fraction of sp³-hybridized carbons (Fsp3) is 0.500. The second kappa shape index (κ2) is 6.67. The van der Waals surface area contributed by atoms with E-state index < -0.39 is 18.1 Å². The van der Waals surface area contributed by atoms with E-state index in [2.05, 4.69) is 15.7 Å². The third-order valence-electron chi connectivity index (χ3n) is 5.91. The third kappa shape index (κ3) is 3.42. The number of rotatable bonds is 3. The highest BCUT2D eigenvalue weighted by Gasteiger charge is 2.49. The highest BCUT2D eigenvalue weighted by atomic mass is 19.4. The molecule has 0 saturated heterocycles. The van der Waals surface area contributed by atoms with Crippen molar-refractivity contribution in [2.24, 2.45) is 5.92 Å². The number of ether oxygens (including phenoxy) is 1. The lowest BCUT2D eigenvalue weighted by Crippen LogP contribution is -2.40. The number of anilines is 1. The Morgan fingerprint density at radius 1 is 1.24 bits per heavy atom. The van der Waals surface area contributed by atoms with Crippen molar-refractivity contribution in [1.82, 2.24) is 15.1 Å². The highest BCUT2D eigenvalue weighted by Crippen LogP contribution is 2.45. The minimum Gasteiger partial charge on any atom is -0.493 e. The summed E-state index contributed by atoms with van der Waals surface area (Å²) < 4.78 is 47.4. The van der Waals surface area contributed by atoms with Crippen LogP contribution in [0.3, 0.4) is 0 Å². The third-order valence-corrected chi connectivity index (χ3v) is 5.91. The van der Waals surface area contributed by atoms with E-state index >= 15 is 0 Å². The highest BCUT2D eigenvalue weighted by molar-refractivity contribution is 5.93. The molecule has 3 atom stereocenters. The molecule has 0 bridgehead atoms. The summed E-state index contributed by atoms with van der Waals surface area (Å²) in [5, 5.41) is 10.1. The second-order valence-electron chi connectivity index (χ2n) is 7.94. The lowest BCUT2D eigenvalue weighted by molar-refractivity contribution is -0.174. The van der Waals surface area contributed by atoms with Gasteiger partial charge in [-0.25, -0.2) is 4.68 Å². The van der Waals surface area contributed by atoms with Gasteiger partial charge in [0.1, 0.15) is 11.6 Å². The zero-order valence-corrected chi connectivity index (χ0v) is 15.6. The smallest absolute Gasteiger partial charge is 0.410 e. The van der Waals surface area contributed by atoms with Crippen LogP contribution in [-0.4, -0.2) is 34.5 Å². The number of aromatic nitrogens is 2. The molecule has 9 heteroatoms. The number of benzene rings is 1. The molecule has 29 heavy (non-hydrogen) atoms. The van der Waals surface area contributed by atoms with Gasteiger partial charge < -0.3 is 15.4 Å². The van der Waals surface area contributed by atoms with E-state index in [1.54, 1.807) is 0 Å². The molecule has 0 spiro atoms. The molecule has 3 heterocycles. The number of carbonyl (C=O) groups is 1. The second-order valence-corrected chi connectivity index (χ2v) is 7.94. The Labute approximate surface area is 165 Å². The minimum atomic E-state index is -4.41. The van der Waals surface area contributed by atoms with Crippen molar-refractivity contribution >= 4 is 11.7 Å². The number of carbonyl (C=O) groups excluding carboxylic acids is 1. The van der Waals surface area contributed by atoms with Crippen molar-refractivity contribution in [2.75, 3.05) is 11.9 Å². The number of nitrogens with one attached hydrogen (secondary N) is 2. The van der Waals surface area contributed by atoms with E-state index in [4.69, 9.17) is 4.74 Å². The van der Waals surface area contributed by atoms with Crippen LogP contribution in [0.25, 0.3) is 0 Å². The average Bonchev–Trinajstić information content (AvgIpc) is 3.45. The van der Waals surface area contributed by atoms with Crippen LogP contribution in [0.15, 0.2) is 30.3 Å². The van der Waals surface area contributed by atoms with Crippen molar-refractivity contribution in [3.05, 3.63) is 41.6 Å². The number of para-hydroxylation sites is 1. The van der Waals surface area contributed by atoms with Crippen molar-refractivity contribution in [3.8, 4) is 5.75 Å². The van der Waals surface area contributed by atoms with Gasteiger partial charge in [-0.05, 0) is 31.2 Å². The topological polar surface area (TPSA) is 68.2 Å². The largest absolute Gasteiger partial charge is 0.493 e. The molecule has 1 saturated carbocycles. The molecule has 3 aliphatic rings. The van der Waals surface area contributed by atoms with E-state index in [1.807, 2.05) is 24.3 Å². The molecule has 0 radical (unpaired) electrons.